The monoisotopic (exact) mass is 307 g/mol. The van der Waals surface area contributed by atoms with Crippen molar-refractivity contribution < 1.29 is 19.1 Å². The molecule has 2 rings (SSSR count). The van der Waals surface area contributed by atoms with Crippen LogP contribution < -0.4 is 25.4 Å². The molecule has 0 spiro atoms. The van der Waals surface area contributed by atoms with Gasteiger partial charge in [-0.2, -0.15) is 0 Å². The molecule has 1 saturated carbocycles. The van der Waals surface area contributed by atoms with Crippen LogP contribution in [0.5, 0.6) is 11.5 Å². The van der Waals surface area contributed by atoms with Crippen molar-refractivity contribution in [3.63, 3.8) is 0 Å². The first-order valence-electron chi connectivity index (χ1n) is 7.13. The molecule has 1 aromatic carbocycles. The van der Waals surface area contributed by atoms with Crippen LogP contribution in [0.4, 0.5) is 10.5 Å². The van der Waals surface area contributed by atoms with Gasteiger partial charge in [-0.3, -0.25) is 10.1 Å². The second kappa shape index (κ2) is 7.02. The van der Waals surface area contributed by atoms with Crippen molar-refractivity contribution in [3.05, 3.63) is 18.2 Å². The van der Waals surface area contributed by atoms with Gasteiger partial charge in [-0.15, -0.1) is 0 Å². The molecule has 22 heavy (non-hydrogen) atoms. The van der Waals surface area contributed by atoms with Crippen LogP contribution in [0.3, 0.4) is 0 Å². The van der Waals surface area contributed by atoms with Crippen molar-refractivity contribution in [1.29, 1.82) is 0 Å². The molecule has 120 valence electrons. The summed E-state index contributed by atoms with van der Waals surface area (Å²) >= 11 is 0. The van der Waals surface area contributed by atoms with Crippen LogP contribution in [0.2, 0.25) is 0 Å². The van der Waals surface area contributed by atoms with Crippen LogP contribution in [0.25, 0.3) is 0 Å². The van der Waals surface area contributed by atoms with Crippen molar-refractivity contribution in [1.82, 2.24) is 10.6 Å². The third-order valence-electron chi connectivity index (χ3n) is 3.32. The fraction of sp³-hybridized carbons (Fsp3) is 0.467. The molecule has 7 heteroatoms. The number of hydrogen-bond acceptors (Lipinski definition) is 5. The number of carbonyl (C=O) groups is 2. The van der Waals surface area contributed by atoms with Crippen LogP contribution in [-0.4, -0.2) is 38.2 Å². The minimum Gasteiger partial charge on any atom is -0.497 e. The van der Waals surface area contributed by atoms with Gasteiger partial charge in [0, 0.05) is 12.1 Å². The van der Waals surface area contributed by atoms with Crippen molar-refractivity contribution in [2.24, 2.45) is 0 Å². The van der Waals surface area contributed by atoms with Crippen LogP contribution in [-0.2, 0) is 4.79 Å². The van der Waals surface area contributed by atoms with E-state index in [0.29, 0.717) is 17.2 Å². The SMILES string of the molecule is COc1ccc(NC(C)C(=O)NC(=O)NC2CC2)c(OC)c1. The molecule has 0 aliphatic heterocycles. The molecule has 1 aromatic rings. The van der Waals surface area contributed by atoms with Crippen molar-refractivity contribution in [2.75, 3.05) is 19.5 Å². The average Bonchev–Trinajstić information content (AvgIpc) is 3.31. The van der Waals surface area contributed by atoms with Gasteiger partial charge in [-0.25, -0.2) is 4.79 Å². The Hall–Kier alpha value is -2.44. The molecule has 0 bridgehead atoms. The van der Waals surface area contributed by atoms with Gasteiger partial charge >= 0.3 is 6.03 Å². The van der Waals surface area contributed by atoms with E-state index in [1.54, 1.807) is 32.2 Å². The smallest absolute Gasteiger partial charge is 0.321 e. The zero-order valence-electron chi connectivity index (χ0n) is 12.9. The van der Waals surface area contributed by atoms with Gasteiger partial charge in [0.05, 0.1) is 19.9 Å². The Labute approximate surface area is 129 Å². The van der Waals surface area contributed by atoms with E-state index in [1.165, 1.54) is 7.11 Å². The number of carbonyl (C=O) groups excluding carboxylic acids is 2. The second-order valence-corrected chi connectivity index (χ2v) is 5.17. The van der Waals surface area contributed by atoms with Crippen molar-refractivity contribution >= 4 is 17.6 Å². The van der Waals surface area contributed by atoms with E-state index in [9.17, 15) is 9.59 Å². The second-order valence-electron chi connectivity index (χ2n) is 5.17. The number of methoxy groups -OCH3 is 2. The molecule has 0 aromatic heterocycles. The highest BCUT2D eigenvalue weighted by atomic mass is 16.5. The number of amides is 3. The molecule has 1 aliphatic rings. The quantitative estimate of drug-likeness (QED) is 0.741. The Morgan fingerprint density at radius 3 is 2.55 bits per heavy atom. The van der Waals surface area contributed by atoms with Gasteiger partial charge in [0.1, 0.15) is 17.5 Å². The summed E-state index contributed by atoms with van der Waals surface area (Å²) < 4.78 is 10.4. The lowest BCUT2D eigenvalue weighted by atomic mass is 10.2. The summed E-state index contributed by atoms with van der Waals surface area (Å²) in [5.41, 5.74) is 0.647. The Morgan fingerprint density at radius 1 is 1.23 bits per heavy atom. The van der Waals surface area contributed by atoms with Crippen molar-refractivity contribution in [2.45, 2.75) is 31.8 Å². The summed E-state index contributed by atoms with van der Waals surface area (Å²) in [6.45, 7) is 1.67. The standard InChI is InChI=1S/C15H21N3O4/c1-9(14(19)18-15(20)17-10-4-5-10)16-12-7-6-11(21-2)8-13(12)22-3/h6-10,16H,4-5H2,1-3H3,(H2,17,18,19,20). The zero-order valence-corrected chi connectivity index (χ0v) is 12.9. The minimum absolute atomic E-state index is 0.206. The first kappa shape index (κ1) is 15.9. The van der Waals surface area contributed by atoms with E-state index in [2.05, 4.69) is 16.0 Å². The van der Waals surface area contributed by atoms with Gasteiger partial charge in [-0.1, -0.05) is 0 Å². The van der Waals surface area contributed by atoms with Gasteiger partial charge in [-0.05, 0) is 31.9 Å². The maximum atomic E-state index is 12.0. The Bertz CT molecular complexity index is 558. The molecular formula is C15H21N3O4. The first-order chi connectivity index (χ1) is 10.5. The Morgan fingerprint density at radius 2 is 1.95 bits per heavy atom. The van der Waals surface area contributed by atoms with E-state index in [0.717, 1.165) is 12.8 Å². The number of benzene rings is 1. The lowest BCUT2D eigenvalue weighted by Gasteiger charge is -2.17. The lowest BCUT2D eigenvalue weighted by molar-refractivity contribution is -0.120. The first-order valence-corrected chi connectivity index (χ1v) is 7.13. The molecule has 0 saturated heterocycles. The number of anilines is 1. The molecule has 0 heterocycles. The summed E-state index contributed by atoms with van der Waals surface area (Å²) in [6.07, 6.45) is 1.94. The number of imide groups is 1. The van der Waals surface area contributed by atoms with Crippen molar-refractivity contribution in [3.8, 4) is 11.5 Å². The minimum atomic E-state index is -0.591. The molecule has 3 amide bonds. The van der Waals surface area contributed by atoms with Gasteiger partial charge in [0.25, 0.3) is 0 Å². The maximum absolute atomic E-state index is 12.0. The highest BCUT2D eigenvalue weighted by Gasteiger charge is 2.25. The molecule has 1 atom stereocenters. The van der Waals surface area contributed by atoms with E-state index in [-0.39, 0.29) is 6.04 Å². The van der Waals surface area contributed by atoms with Crippen LogP contribution in [0, 0.1) is 0 Å². The molecule has 1 aliphatic carbocycles. The predicted molar refractivity (Wildman–Crippen MR) is 82.3 cm³/mol. The Kier molecular flexibility index (Phi) is 5.08. The highest BCUT2D eigenvalue weighted by Crippen LogP contribution is 2.29. The summed E-state index contributed by atoms with van der Waals surface area (Å²) in [5.74, 6) is 0.806. The highest BCUT2D eigenvalue weighted by molar-refractivity contribution is 5.98. The number of urea groups is 1. The maximum Gasteiger partial charge on any atom is 0.321 e. The average molecular weight is 307 g/mol. The molecule has 3 N–H and O–H groups in total. The normalized spacial score (nSPS) is 14.7. The largest absolute Gasteiger partial charge is 0.497 e. The van der Waals surface area contributed by atoms with Gasteiger partial charge in [0.2, 0.25) is 5.91 Å². The topological polar surface area (TPSA) is 88.7 Å². The summed E-state index contributed by atoms with van der Waals surface area (Å²) in [6, 6.07) is 4.39. The van der Waals surface area contributed by atoms with E-state index >= 15 is 0 Å². The molecule has 7 nitrogen and oxygen atoms in total. The molecular weight excluding hydrogens is 286 g/mol. The molecule has 0 radical (unpaired) electrons. The van der Waals surface area contributed by atoms with Crippen LogP contribution >= 0.6 is 0 Å². The number of ether oxygens (including phenoxy) is 2. The molecule has 1 unspecified atom stereocenters. The molecule has 1 fully saturated rings. The number of nitrogens with one attached hydrogen (secondary N) is 3. The number of rotatable bonds is 6. The summed E-state index contributed by atoms with van der Waals surface area (Å²) in [4.78, 5) is 23.5. The number of hydrogen-bond donors (Lipinski definition) is 3. The summed E-state index contributed by atoms with van der Waals surface area (Å²) in [5, 5.41) is 8.03. The fourth-order valence-electron chi connectivity index (χ4n) is 1.89. The van der Waals surface area contributed by atoms with Crippen LogP contribution in [0.15, 0.2) is 18.2 Å². The lowest BCUT2D eigenvalue weighted by Crippen LogP contribution is -2.46. The van der Waals surface area contributed by atoms with Gasteiger partial charge in [0.15, 0.2) is 0 Å². The predicted octanol–water partition coefficient (Wildman–Crippen LogP) is 1.49. The third-order valence-corrected chi connectivity index (χ3v) is 3.32. The third kappa shape index (κ3) is 4.28. The van der Waals surface area contributed by atoms with E-state index < -0.39 is 18.0 Å². The van der Waals surface area contributed by atoms with Crippen LogP contribution in [0.1, 0.15) is 19.8 Å². The van der Waals surface area contributed by atoms with E-state index in [4.69, 9.17) is 9.47 Å². The fourth-order valence-corrected chi connectivity index (χ4v) is 1.89. The Balaban J connectivity index is 1.93. The summed E-state index contributed by atoms with van der Waals surface area (Å²) in [7, 11) is 3.10. The zero-order chi connectivity index (χ0) is 16.1. The van der Waals surface area contributed by atoms with Gasteiger partial charge < -0.3 is 20.1 Å². The van der Waals surface area contributed by atoms with E-state index in [1.807, 2.05) is 0 Å².